The third kappa shape index (κ3) is 4.61. The van der Waals surface area contributed by atoms with E-state index in [0.29, 0.717) is 0 Å². The first-order valence-electron chi connectivity index (χ1n) is 7.80. The highest BCUT2D eigenvalue weighted by Crippen LogP contribution is 2.35. The van der Waals surface area contributed by atoms with Gasteiger partial charge in [0, 0.05) is 25.6 Å². The topological polar surface area (TPSA) is 39.7 Å². The van der Waals surface area contributed by atoms with Crippen molar-refractivity contribution in [1.29, 1.82) is 0 Å². The Morgan fingerprint density at radius 1 is 1.24 bits per heavy atom. The lowest BCUT2D eigenvalue weighted by Crippen LogP contribution is -2.20. The standard InChI is InChI=1S/C17H27NO3/c1-13-10-15-12-16(20-3)14(11-17(15)21-13)6-4-5-7-18-8-9-19-2/h11-13,18H,4-10H2,1-3H3. The Hall–Kier alpha value is -1.26. The fourth-order valence-electron chi connectivity index (χ4n) is 2.73. The molecule has 0 amide bonds. The van der Waals surface area contributed by atoms with Crippen LogP contribution in [0, 0.1) is 0 Å². The van der Waals surface area contributed by atoms with Crippen molar-refractivity contribution >= 4 is 0 Å². The van der Waals surface area contributed by atoms with Crippen LogP contribution in [0.3, 0.4) is 0 Å². The molecule has 1 heterocycles. The zero-order chi connectivity index (χ0) is 15.1. The van der Waals surface area contributed by atoms with Crippen LogP contribution in [0.2, 0.25) is 0 Å². The normalized spacial score (nSPS) is 16.6. The maximum Gasteiger partial charge on any atom is 0.123 e. The third-order valence-corrected chi connectivity index (χ3v) is 3.83. The van der Waals surface area contributed by atoms with Gasteiger partial charge in [-0.2, -0.15) is 0 Å². The van der Waals surface area contributed by atoms with Crippen LogP contribution in [0.15, 0.2) is 12.1 Å². The third-order valence-electron chi connectivity index (χ3n) is 3.83. The predicted octanol–water partition coefficient (Wildman–Crippen LogP) is 2.58. The summed E-state index contributed by atoms with van der Waals surface area (Å²) in [4.78, 5) is 0. The maximum absolute atomic E-state index is 5.84. The molecule has 1 N–H and O–H groups in total. The van der Waals surface area contributed by atoms with Crippen LogP contribution < -0.4 is 14.8 Å². The highest BCUT2D eigenvalue weighted by atomic mass is 16.5. The molecule has 0 saturated carbocycles. The van der Waals surface area contributed by atoms with Crippen LogP contribution in [0.5, 0.6) is 11.5 Å². The number of aryl methyl sites for hydroxylation is 1. The average Bonchev–Trinajstić information content (AvgIpc) is 2.84. The van der Waals surface area contributed by atoms with E-state index in [-0.39, 0.29) is 6.10 Å². The van der Waals surface area contributed by atoms with Crippen molar-refractivity contribution in [3.8, 4) is 11.5 Å². The first-order valence-corrected chi connectivity index (χ1v) is 7.80. The summed E-state index contributed by atoms with van der Waals surface area (Å²) in [5.41, 5.74) is 2.52. The zero-order valence-electron chi connectivity index (χ0n) is 13.4. The number of nitrogens with one attached hydrogen (secondary N) is 1. The molecule has 0 spiro atoms. The largest absolute Gasteiger partial charge is 0.496 e. The van der Waals surface area contributed by atoms with E-state index in [4.69, 9.17) is 14.2 Å². The number of rotatable bonds is 9. The highest BCUT2D eigenvalue weighted by molar-refractivity contribution is 5.48. The summed E-state index contributed by atoms with van der Waals surface area (Å²) in [7, 11) is 3.47. The molecule has 1 aromatic carbocycles. The molecule has 1 aliphatic rings. The van der Waals surface area contributed by atoms with Gasteiger partial charge in [0.2, 0.25) is 0 Å². The van der Waals surface area contributed by atoms with Gasteiger partial charge in [-0.3, -0.25) is 0 Å². The summed E-state index contributed by atoms with van der Waals surface area (Å²) >= 11 is 0. The molecule has 1 atom stereocenters. The van der Waals surface area contributed by atoms with E-state index in [1.165, 1.54) is 11.1 Å². The minimum Gasteiger partial charge on any atom is -0.496 e. The van der Waals surface area contributed by atoms with Crippen molar-refractivity contribution in [1.82, 2.24) is 5.32 Å². The average molecular weight is 293 g/mol. The van der Waals surface area contributed by atoms with Crippen LogP contribution in [0.4, 0.5) is 0 Å². The van der Waals surface area contributed by atoms with E-state index in [1.54, 1.807) is 14.2 Å². The van der Waals surface area contributed by atoms with Gasteiger partial charge in [0.15, 0.2) is 0 Å². The van der Waals surface area contributed by atoms with Gasteiger partial charge >= 0.3 is 0 Å². The Balaban J connectivity index is 1.81. The number of unbranched alkanes of at least 4 members (excludes halogenated alkanes) is 1. The van der Waals surface area contributed by atoms with Gasteiger partial charge in [0.25, 0.3) is 0 Å². The maximum atomic E-state index is 5.84. The van der Waals surface area contributed by atoms with E-state index >= 15 is 0 Å². The van der Waals surface area contributed by atoms with Gasteiger partial charge < -0.3 is 19.5 Å². The molecule has 1 aromatic rings. The van der Waals surface area contributed by atoms with Crippen LogP contribution in [0.1, 0.15) is 30.9 Å². The fraction of sp³-hybridized carbons (Fsp3) is 0.647. The quantitative estimate of drug-likeness (QED) is 0.710. The van der Waals surface area contributed by atoms with E-state index in [2.05, 4.69) is 24.4 Å². The summed E-state index contributed by atoms with van der Waals surface area (Å²) in [6.07, 6.45) is 4.59. The molecule has 21 heavy (non-hydrogen) atoms. The number of hydrogen-bond acceptors (Lipinski definition) is 4. The van der Waals surface area contributed by atoms with Gasteiger partial charge in [-0.1, -0.05) is 0 Å². The lowest BCUT2D eigenvalue weighted by atomic mass is 10.0. The molecule has 1 aliphatic heterocycles. The Kier molecular flexibility index (Phi) is 6.33. The van der Waals surface area contributed by atoms with E-state index in [1.807, 2.05) is 0 Å². The van der Waals surface area contributed by atoms with Crippen LogP contribution in [-0.2, 0) is 17.6 Å². The predicted molar refractivity (Wildman–Crippen MR) is 84.5 cm³/mol. The van der Waals surface area contributed by atoms with Gasteiger partial charge in [0.05, 0.1) is 13.7 Å². The van der Waals surface area contributed by atoms with Crippen molar-refractivity contribution in [3.05, 3.63) is 23.3 Å². The van der Waals surface area contributed by atoms with Crippen molar-refractivity contribution in [3.63, 3.8) is 0 Å². The summed E-state index contributed by atoms with van der Waals surface area (Å²) in [5, 5.41) is 3.37. The smallest absolute Gasteiger partial charge is 0.123 e. The molecule has 1 unspecified atom stereocenters. The summed E-state index contributed by atoms with van der Waals surface area (Å²) < 4.78 is 16.4. The van der Waals surface area contributed by atoms with Crippen molar-refractivity contribution in [2.75, 3.05) is 33.9 Å². The number of methoxy groups -OCH3 is 2. The Morgan fingerprint density at radius 2 is 2.10 bits per heavy atom. The lowest BCUT2D eigenvalue weighted by Gasteiger charge is -2.11. The summed E-state index contributed by atoms with van der Waals surface area (Å²) in [6.45, 7) is 4.83. The molecule has 0 radical (unpaired) electrons. The van der Waals surface area contributed by atoms with E-state index in [9.17, 15) is 0 Å². The number of ether oxygens (including phenoxy) is 3. The first-order chi connectivity index (χ1) is 10.2. The number of hydrogen-bond donors (Lipinski definition) is 1. The second kappa shape index (κ2) is 8.25. The van der Waals surface area contributed by atoms with Crippen molar-refractivity contribution < 1.29 is 14.2 Å². The molecule has 0 aromatic heterocycles. The Bertz CT molecular complexity index is 448. The monoisotopic (exact) mass is 293 g/mol. The summed E-state index contributed by atoms with van der Waals surface area (Å²) in [6, 6.07) is 4.31. The summed E-state index contributed by atoms with van der Waals surface area (Å²) in [5.74, 6) is 2.04. The van der Waals surface area contributed by atoms with Gasteiger partial charge in [-0.25, -0.2) is 0 Å². The first kappa shape index (κ1) is 16.1. The second-order valence-corrected chi connectivity index (χ2v) is 5.60. The van der Waals surface area contributed by atoms with Crippen LogP contribution in [-0.4, -0.2) is 40.0 Å². The van der Waals surface area contributed by atoms with E-state index in [0.717, 1.165) is 56.9 Å². The molecule has 0 bridgehead atoms. The molecular weight excluding hydrogens is 266 g/mol. The number of benzene rings is 1. The van der Waals surface area contributed by atoms with E-state index < -0.39 is 0 Å². The van der Waals surface area contributed by atoms with Gasteiger partial charge in [0.1, 0.15) is 17.6 Å². The lowest BCUT2D eigenvalue weighted by molar-refractivity contribution is 0.199. The zero-order valence-corrected chi connectivity index (χ0v) is 13.4. The van der Waals surface area contributed by atoms with Crippen molar-refractivity contribution in [2.45, 2.75) is 38.7 Å². The Labute approximate surface area is 127 Å². The second-order valence-electron chi connectivity index (χ2n) is 5.60. The molecular formula is C17H27NO3. The number of fused-ring (bicyclic) bond motifs is 1. The molecule has 0 aliphatic carbocycles. The fourth-order valence-corrected chi connectivity index (χ4v) is 2.73. The minimum absolute atomic E-state index is 0.282. The van der Waals surface area contributed by atoms with Gasteiger partial charge in [-0.05, 0) is 50.4 Å². The van der Waals surface area contributed by atoms with Gasteiger partial charge in [-0.15, -0.1) is 0 Å². The molecule has 0 saturated heterocycles. The molecule has 2 rings (SSSR count). The Morgan fingerprint density at radius 3 is 2.86 bits per heavy atom. The molecule has 4 nitrogen and oxygen atoms in total. The molecule has 118 valence electrons. The highest BCUT2D eigenvalue weighted by Gasteiger charge is 2.21. The van der Waals surface area contributed by atoms with Crippen LogP contribution >= 0.6 is 0 Å². The SMILES string of the molecule is COCCNCCCCc1cc2c(cc1OC)CC(C)O2. The minimum atomic E-state index is 0.282. The molecule has 0 fully saturated rings. The molecule has 4 heteroatoms. The van der Waals surface area contributed by atoms with Crippen molar-refractivity contribution in [2.24, 2.45) is 0 Å². The van der Waals surface area contributed by atoms with Crippen LogP contribution in [0.25, 0.3) is 0 Å².